The number of aliphatic hydroxyl groups excluding tert-OH is 1. The Hall–Kier alpha value is -1.42. The molecule has 1 fully saturated rings. The van der Waals surface area contributed by atoms with Gasteiger partial charge >= 0.3 is 0 Å². The topological polar surface area (TPSA) is 81.4 Å². The van der Waals surface area contributed by atoms with Gasteiger partial charge in [0.2, 0.25) is 10.0 Å². The van der Waals surface area contributed by atoms with Crippen molar-refractivity contribution in [3.05, 3.63) is 29.3 Å². The number of nitriles is 1. The van der Waals surface area contributed by atoms with Crippen LogP contribution in [0.4, 0.5) is 0 Å². The number of piperidine rings is 1. The Morgan fingerprint density at radius 2 is 2.00 bits per heavy atom. The molecule has 1 saturated heterocycles. The normalized spacial score (nSPS) is 18.2. The van der Waals surface area contributed by atoms with Crippen LogP contribution in [0.3, 0.4) is 0 Å². The van der Waals surface area contributed by atoms with Gasteiger partial charge in [-0.1, -0.05) is 6.07 Å². The largest absolute Gasteiger partial charge is 0.393 e. The molecule has 0 spiro atoms. The molecule has 0 amide bonds. The van der Waals surface area contributed by atoms with Crippen LogP contribution in [0.5, 0.6) is 0 Å². The van der Waals surface area contributed by atoms with Gasteiger partial charge in [0.15, 0.2) is 0 Å². The highest BCUT2D eigenvalue weighted by atomic mass is 32.2. The van der Waals surface area contributed by atoms with Gasteiger partial charge in [0.1, 0.15) is 0 Å². The van der Waals surface area contributed by atoms with E-state index in [1.54, 1.807) is 19.1 Å². The van der Waals surface area contributed by atoms with Gasteiger partial charge < -0.3 is 5.11 Å². The average Bonchev–Trinajstić information content (AvgIpc) is 2.39. The Labute approximate surface area is 113 Å². The van der Waals surface area contributed by atoms with E-state index in [1.165, 1.54) is 10.4 Å². The third-order valence-corrected chi connectivity index (χ3v) is 5.40. The fraction of sp³-hybridized carbons (Fsp3) is 0.462. The van der Waals surface area contributed by atoms with Gasteiger partial charge in [-0.05, 0) is 37.5 Å². The molecule has 1 aliphatic rings. The maximum absolute atomic E-state index is 12.5. The Balaban J connectivity index is 2.37. The predicted molar refractivity (Wildman–Crippen MR) is 69.9 cm³/mol. The van der Waals surface area contributed by atoms with Crippen molar-refractivity contribution in [2.75, 3.05) is 13.1 Å². The van der Waals surface area contributed by atoms with Gasteiger partial charge in [-0.2, -0.15) is 9.57 Å². The molecular weight excluding hydrogens is 264 g/mol. The average molecular weight is 280 g/mol. The molecule has 0 saturated carbocycles. The van der Waals surface area contributed by atoms with Gasteiger partial charge in [0, 0.05) is 13.1 Å². The predicted octanol–water partition coefficient (Wildman–Crippen LogP) is 1.01. The maximum atomic E-state index is 12.5. The summed E-state index contributed by atoms with van der Waals surface area (Å²) in [5, 5.41) is 18.3. The molecule has 0 unspecified atom stereocenters. The van der Waals surface area contributed by atoms with Gasteiger partial charge in [0.05, 0.1) is 22.6 Å². The molecule has 0 bridgehead atoms. The molecule has 102 valence electrons. The van der Waals surface area contributed by atoms with E-state index in [4.69, 9.17) is 5.26 Å². The second-order valence-electron chi connectivity index (χ2n) is 4.73. The van der Waals surface area contributed by atoms with E-state index in [0.29, 0.717) is 37.1 Å². The third kappa shape index (κ3) is 2.78. The highest BCUT2D eigenvalue weighted by molar-refractivity contribution is 7.89. The molecule has 1 aliphatic heterocycles. The zero-order valence-electron chi connectivity index (χ0n) is 10.7. The molecule has 6 heteroatoms. The maximum Gasteiger partial charge on any atom is 0.243 e. The van der Waals surface area contributed by atoms with Crippen molar-refractivity contribution < 1.29 is 13.5 Å². The Bertz CT molecular complexity index is 611. The smallest absolute Gasteiger partial charge is 0.243 e. The lowest BCUT2D eigenvalue weighted by atomic mass is 10.1. The monoisotopic (exact) mass is 280 g/mol. The van der Waals surface area contributed by atoms with Crippen LogP contribution < -0.4 is 0 Å². The molecule has 1 heterocycles. The summed E-state index contributed by atoms with van der Waals surface area (Å²) in [6.07, 6.45) is 0.491. The van der Waals surface area contributed by atoms with Crippen molar-refractivity contribution >= 4 is 10.0 Å². The zero-order valence-corrected chi connectivity index (χ0v) is 11.5. The van der Waals surface area contributed by atoms with Crippen molar-refractivity contribution in [1.82, 2.24) is 4.31 Å². The van der Waals surface area contributed by atoms with Crippen molar-refractivity contribution in [3.63, 3.8) is 0 Å². The number of rotatable bonds is 2. The minimum atomic E-state index is -3.58. The molecule has 0 aliphatic carbocycles. The second kappa shape index (κ2) is 5.29. The van der Waals surface area contributed by atoms with Crippen LogP contribution in [-0.4, -0.2) is 37.0 Å². The SMILES string of the molecule is Cc1ccc(C#N)cc1S(=O)(=O)N1CCC(O)CC1. The highest BCUT2D eigenvalue weighted by Gasteiger charge is 2.29. The van der Waals surface area contributed by atoms with E-state index < -0.39 is 16.1 Å². The van der Waals surface area contributed by atoms with Gasteiger partial charge in [-0.3, -0.25) is 0 Å². The molecule has 5 nitrogen and oxygen atoms in total. The lowest BCUT2D eigenvalue weighted by molar-refractivity contribution is 0.113. The van der Waals surface area contributed by atoms with Crippen LogP contribution in [0.2, 0.25) is 0 Å². The molecule has 0 radical (unpaired) electrons. The Kier molecular flexibility index (Phi) is 3.90. The number of aryl methyl sites for hydroxylation is 1. The minimum absolute atomic E-state index is 0.183. The quantitative estimate of drug-likeness (QED) is 0.876. The molecule has 1 N–H and O–H groups in total. The fourth-order valence-electron chi connectivity index (χ4n) is 2.17. The van der Waals surface area contributed by atoms with Crippen LogP contribution in [0.15, 0.2) is 23.1 Å². The highest BCUT2D eigenvalue weighted by Crippen LogP contribution is 2.24. The van der Waals surface area contributed by atoms with Crippen molar-refractivity contribution in [2.24, 2.45) is 0 Å². The van der Waals surface area contributed by atoms with Crippen LogP contribution >= 0.6 is 0 Å². The Morgan fingerprint density at radius 3 is 2.58 bits per heavy atom. The summed E-state index contributed by atoms with van der Waals surface area (Å²) in [6, 6.07) is 6.61. The summed E-state index contributed by atoms with van der Waals surface area (Å²) in [6.45, 7) is 2.35. The summed E-state index contributed by atoms with van der Waals surface area (Å²) in [4.78, 5) is 0.183. The summed E-state index contributed by atoms with van der Waals surface area (Å²) >= 11 is 0. The van der Waals surface area contributed by atoms with Gasteiger partial charge in [-0.25, -0.2) is 8.42 Å². The van der Waals surface area contributed by atoms with E-state index in [9.17, 15) is 13.5 Å². The third-order valence-electron chi connectivity index (χ3n) is 3.36. The van der Waals surface area contributed by atoms with Gasteiger partial charge in [-0.15, -0.1) is 0 Å². The summed E-state index contributed by atoms with van der Waals surface area (Å²) in [5.74, 6) is 0. The lowest BCUT2D eigenvalue weighted by Crippen LogP contribution is -2.40. The van der Waals surface area contributed by atoms with E-state index in [-0.39, 0.29) is 4.90 Å². The zero-order chi connectivity index (χ0) is 14.0. The number of hydrogen-bond donors (Lipinski definition) is 1. The second-order valence-corrected chi connectivity index (χ2v) is 6.63. The van der Waals surface area contributed by atoms with E-state index >= 15 is 0 Å². The first-order valence-corrected chi connectivity index (χ1v) is 7.58. The molecule has 0 atom stereocenters. The molecule has 2 rings (SSSR count). The van der Waals surface area contributed by atoms with E-state index in [0.717, 1.165) is 0 Å². The van der Waals surface area contributed by atoms with E-state index in [1.807, 2.05) is 6.07 Å². The van der Waals surface area contributed by atoms with Crippen molar-refractivity contribution in [2.45, 2.75) is 30.8 Å². The molecule has 19 heavy (non-hydrogen) atoms. The lowest BCUT2D eigenvalue weighted by Gasteiger charge is -2.29. The molecule has 1 aromatic rings. The van der Waals surface area contributed by atoms with Crippen LogP contribution in [0, 0.1) is 18.3 Å². The van der Waals surface area contributed by atoms with Gasteiger partial charge in [0.25, 0.3) is 0 Å². The minimum Gasteiger partial charge on any atom is -0.393 e. The standard InChI is InChI=1S/C13H16N2O3S/c1-10-2-3-11(9-14)8-13(10)19(17,18)15-6-4-12(16)5-7-15/h2-3,8,12,16H,4-7H2,1H3. The first-order chi connectivity index (χ1) is 8.95. The van der Waals surface area contributed by atoms with E-state index in [2.05, 4.69) is 0 Å². The molecule has 1 aromatic carbocycles. The summed E-state index contributed by atoms with van der Waals surface area (Å²) in [7, 11) is -3.58. The van der Waals surface area contributed by atoms with Crippen LogP contribution in [0.25, 0.3) is 0 Å². The number of benzene rings is 1. The fourth-order valence-corrected chi connectivity index (χ4v) is 3.89. The van der Waals surface area contributed by atoms with Crippen molar-refractivity contribution in [1.29, 1.82) is 5.26 Å². The van der Waals surface area contributed by atoms with Crippen LogP contribution in [0.1, 0.15) is 24.0 Å². The Morgan fingerprint density at radius 1 is 1.37 bits per heavy atom. The number of aliphatic hydroxyl groups is 1. The number of sulfonamides is 1. The molecular formula is C13H16N2O3S. The molecule has 0 aromatic heterocycles. The summed E-state index contributed by atoms with van der Waals surface area (Å²) in [5.41, 5.74) is 0.964. The first kappa shape index (κ1) is 14.0. The van der Waals surface area contributed by atoms with Crippen molar-refractivity contribution in [3.8, 4) is 6.07 Å². The number of nitrogens with zero attached hydrogens (tertiary/aromatic N) is 2. The number of hydrogen-bond acceptors (Lipinski definition) is 4. The summed E-state index contributed by atoms with van der Waals surface area (Å²) < 4.78 is 26.4. The van der Waals surface area contributed by atoms with Crippen LogP contribution in [-0.2, 0) is 10.0 Å². The first-order valence-electron chi connectivity index (χ1n) is 6.14.